The lowest BCUT2D eigenvalue weighted by atomic mass is 10.3. The first-order valence-electron chi connectivity index (χ1n) is 5.44. The molecule has 0 aliphatic heterocycles. The second-order valence-corrected chi connectivity index (χ2v) is 5.55. The maximum Gasteiger partial charge on any atom is 0.242 e. The predicted molar refractivity (Wildman–Crippen MR) is 71.4 cm³/mol. The van der Waals surface area contributed by atoms with Crippen molar-refractivity contribution in [3.05, 3.63) is 42.7 Å². The predicted octanol–water partition coefficient (Wildman–Crippen LogP) is 1.36. The summed E-state index contributed by atoms with van der Waals surface area (Å²) in [7, 11) is -2.23. The van der Waals surface area contributed by atoms with Crippen LogP contribution in [-0.4, -0.2) is 20.4 Å². The highest BCUT2D eigenvalue weighted by molar-refractivity contribution is 7.89. The van der Waals surface area contributed by atoms with Gasteiger partial charge in [0.1, 0.15) is 16.4 Å². The highest BCUT2D eigenvalue weighted by Gasteiger charge is 2.15. The Morgan fingerprint density at radius 3 is 2.63 bits per heavy atom. The monoisotopic (exact) mass is 279 g/mol. The van der Waals surface area contributed by atoms with Crippen LogP contribution in [0.5, 0.6) is 11.5 Å². The van der Waals surface area contributed by atoms with Crippen LogP contribution in [-0.2, 0) is 10.0 Å². The fourth-order valence-electron chi connectivity index (χ4n) is 1.49. The molecule has 7 heteroatoms. The highest BCUT2D eigenvalue weighted by atomic mass is 32.2. The zero-order valence-electron chi connectivity index (χ0n) is 10.2. The van der Waals surface area contributed by atoms with Gasteiger partial charge in [0, 0.05) is 12.3 Å². The second kappa shape index (κ2) is 5.25. The molecule has 1 aromatic heterocycles. The van der Waals surface area contributed by atoms with E-state index in [4.69, 9.17) is 10.5 Å². The van der Waals surface area contributed by atoms with E-state index in [9.17, 15) is 8.42 Å². The number of nitrogens with two attached hydrogens (primary N) is 1. The van der Waals surface area contributed by atoms with Crippen molar-refractivity contribution in [1.82, 2.24) is 9.71 Å². The van der Waals surface area contributed by atoms with Gasteiger partial charge in [-0.25, -0.2) is 13.1 Å². The van der Waals surface area contributed by atoms with E-state index in [1.807, 2.05) is 0 Å². The topological polar surface area (TPSA) is 94.3 Å². The van der Waals surface area contributed by atoms with Crippen LogP contribution in [0.25, 0.3) is 0 Å². The van der Waals surface area contributed by atoms with E-state index >= 15 is 0 Å². The van der Waals surface area contributed by atoms with E-state index in [0.29, 0.717) is 11.5 Å². The smallest absolute Gasteiger partial charge is 0.242 e. The van der Waals surface area contributed by atoms with Gasteiger partial charge in [0.15, 0.2) is 0 Å². The lowest BCUT2D eigenvalue weighted by molar-refractivity contribution is 0.480. The van der Waals surface area contributed by atoms with Gasteiger partial charge in [0.05, 0.1) is 11.9 Å². The number of aromatic nitrogens is 1. The third-order valence-electron chi connectivity index (χ3n) is 2.41. The summed E-state index contributed by atoms with van der Waals surface area (Å²) >= 11 is 0. The Kier molecular flexibility index (Phi) is 3.68. The fraction of sp³-hybridized carbons (Fsp3) is 0.0833. The molecule has 0 radical (unpaired) electrons. The minimum atomic E-state index is -3.56. The van der Waals surface area contributed by atoms with Gasteiger partial charge in [-0.2, -0.15) is 0 Å². The Labute approximate surface area is 111 Å². The van der Waals surface area contributed by atoms with Crippen LogP contribution in [0.15, 0.2) is 47.6 Å². The number of pyridine rings is 1. The zero-order valence-corrected chi connectivity index (χ0v) is 11.0. The molecule has 0 atom stereocenters. The molecular weight excluding hydrogens is 266 g/mol. The summed E-state index contributed by atoms with van der Waals surface area (Å²) in [6.45, 7) is 0. The van der Waals surface area contributed by atoms with E-state index in [0.717, 1.165) is 0 Å². The molecule has 0 saturated heterocycles. The summed E-state index contributed by atoms with van der Waals surface area (Å²) in [4.78, 5) is 3.93. The molecule has 0 aliphatic rings. The van der Waals surface area contributed by atoms with Crippen molar-refractivity contribution in [1.29, 1.82) is 0 Å². The number of rotatable bonds is 4. The zero-order chi connectivity index (χ0) is 13.9. The van der Waals surface area contributed by atoms with E-state index in [-0.39, 0.29) is 10.6 Å². The Morgan fingerprint density at radius 2 is 2.05 bits per heavy atom. The molecule has 2 aromatic rings. The Bertz CT molecular complexity index is 672. The number of nitrogens with zero attached hydrogens (tertiary/aromatic N) is 1. The van der Waals surface area contributed by atoms with Gasteiger partial charge in [-0.05, 0) is 31.3 Å². The molecule has 0 unspecified atom stereocenters. The Morgan fingerprint density at radius 1 is 1.26 bits per heavy atom. The van der Waals surface area contributed by atoms with E-state index in [1.54, 1.807) is 24.5 Å². The van der Waals surface area contributed by atoms with E-state index < -0.39 is 10.0 Å². The first-order chi connectivity index (χ1) is 9.03. The quantitative estimate of drug-likeness (QED) is 0.824. The number of sulfonamides is 1. The molecule has 0 amide bonds. The van der Waals surface area contributed by atoms with Crippen molar-refractivity contribution in [3.8, 4) is 11.5 Å². The Balaban J connectivity index is 2.30. The van der Waals surface area contributed by atoms with Crippen molar-refractivity contribution in [3.63, 3.8) is 0 Å². The van der Waals surface area contributed by atoms with Gasteiger partial charge in [0.2, 0.25) is 10.0 Å². The first kappa shape index (κ1) is 13.3. The molecule has 6 nitrogen and oxygen atoms in total. The summed E-state index contributed by atoms with van der Waals surface area (Å²) in [5.41, 5.74) is 5.84. The average Bonchev–Trinajstić information content (AvgIpc) is 2.39. The highest BCUT2D eigenvalue weighted by Crippen LogP contribution is 2.26. The molecule has 0 aliphatic carbocycles. The van der Waals surface area contributed by atoms with Crippen molar-refractivity contribution in [2.45, 2.75) is 4.90 Å². The third-order valence-corrected chi connectivity index (χ3v) is 3.90. The summed E-state index contributed by atoms with van der Waals surface area (Å²) in [6, 6.07) is 7.86. The normalized spacial score (nSPS) is 11.2. The number of nitrogens with one attached hydrogen (secondary N) is 1. The maximum atomic E-state index is 11.6. The molecular formula is C12H13N3O3S. The number of anilines is 1. The molecule has 19 heavy (non-hydrogen) atoms. The number of nitrogen functional groups attached to an aromatic ring is 1. The second-order valence-electron chi connectivity index (χ2n) is 3.70. The summed E-state index contributed by atoms with van der Waals surface area (Å²) in [5, 5.41) is 0. The van der Waals surface area contributed by atoms with Gasteiger partial charge in [0.25, 0.3) is 0 Å². The van der Waals surface area contributed by atoms with Crippen LogP contribution < -0.4 is 15.2 Å². The van der Waals surface area contributed by atoms with Crippen molar-refractivity contribution < 1.29 is 13.2 Å². The number of benzene rings is 1. The van der Waals surface area contributed by atoms with Crippen LogP contribution in [0.1, 0.15) is 0 Å². The van der Waals surface area contributed by atoms with E-state index in [1.165, 1.54) is 25.2 Å². The van der Waals surface area contributed by atoms with Crippen LogP contribution in [0.4, 0.5) is 5.69 Å². The fourth-order valence-corrected chi connectivity index (χ4v) is 2.32. The molecule has 0 saturated carbocycles. The van der Waals surface area contributed by atoms with Crippen LogP contribution in [0.2, 0.25) is 0 Å². The molecule has 0 fully saturated rings. The molecule has 100 valence electrons. The average molecular weight is 279 g/mol. The van der Waals surface area contributed by atoms with Gasteiger partial charge < -0.3 is 10.5 Å². The molecule has 1 heterocycles. The van der Waals surface area contributed by atoms with Gasteiger partial charge in [-0.15, -0.1) is 0 Å². The standard InChI is InChI=1S/C12H13N3O3S/c1-14-19(16,17)12-5-4-9(7-11(12)13)18-10-3-2-6-15-8-10/h2-8,14H,13H2,1H3. The van der Waals surface area contributed by atoms with Crippen molar-refractivity contribution in [2.75, 3.05) is 12.8 Å². The number of hydrogen-bond acceptors (Lipinski definition) is 5. The lowest BCUT2D eigenvalue weighted by Crippen LogP contribution is -2.19. The van der Waals surface area contributed by atoms with Gasteiger partial charge >= 0.3 is 0 Å². The molecule has 3 N–H and O–H groups in total. The first-order valence-corrected chi connectivity index (χ1v) is 6.92. The molecule has 0 bridgehead atoms. The summed E-state index contributed by atoms with van der Waals surface area (Å²) < 4.78 is 31.0. The SMILES string of the molecule is CNS(=O)(=O)c1ccc(Oc2cccnc2)cc1N. The van der Waals surface area contributed by atoms with E-state index in [2.05, 4.69) is 9.71 Å². The minimum Gasteiger partial charge on any atom is -0.456 e. The largest absolute Gasteiger partial charge is 0.456 e. The van der Waals surface area contributed by atoms with Crippen molar-refractivity contribution >= 4 is 15.7 Å². The minimum absolute atomic E-state index is 0.0218. The lowest BCUT2D eigenvalue weighted by Gasteiger charge is -2.09. The molecule has 1 aromatic carbocycles. The number of ether oxygens (including phenoxy) is 1. The maximum absolute atomic E-state index is 11.6. The summed E-state index contributed by atoms with van der Waals surface area (Å²) in [6.07, 6.45) is 3.18. The van der Waals surface area contributed by atoms with Crippen molar-refractivity contribution in [2.24, 2.45) is 0 Å². The van der Waals surface area contributed by atoms with Gasteiger partial charge in [-0.1, -0.05) is 0 Å². The van der Waals surface area contributed by atoms with Gasteiger partial charge in [-0.3, -0.25) is 4.98 Å². The third kappa shape index (κ3) is 3.01. The Hall–Kier alpha value is -2.12. The van der Waals surface area contributed by atoms with Crippen LogP contribution >= 0.6 is 0 Å². The summed E-state index contributed by atoms with van der Waals surface area (Å²) in [5.74, 6) is 0.992. The van der Waals surface area contributed by atoms with Crippen LogP contribution in [0.3, 0.4) is 0 Å². The van der Waals surface area contributed by atoms with Crippen LogP contribution in [0, 0.1) is 0 Å². The number of hydrogen-bond donors (Lipinski definition) is 2. The molecule has 2 rings (SSSR count). The molecule has 0 spiro atoms.